The van der Waals surface area contributed by atoms with Gasteiger partial charge in [-0.2, -0.15) is 0 Å². The molecule has 1 N–H and O–H groups in total. The third-order valence-corrected chi connectivity index (χ3v) is 6.65. The topological polar surface area (TPSA) is 66.5 Å². The van der Waals surface area contributed by atoms with Gasteiger partial charge < -0.3 is 4.90 Å². The van der Waals surface area contributed by atoms with Crippen LogP contribution in [0.1, 0.15) is 49.3 Å². The van der Waals surface area contributed by atoms with Crippen LogP contribution >= 0.6 is 0 Å². The standard InChI is InChI=1S/C22H28N2O3S/c1-16(2)19-8-6-18(7-9-19)12-13-23-28(26,27)20-10-11-21(17(3)15-20)24-14-4-5-22(24)25/h6-11,15-16,23H,4-5,12-14H2,1-3H3. The smallest absolute Gasteiger partial charge is 0.240 e. The van der Waals surface area contributed by atoms with Crippen molar-refractivity contribution in [2.75, 3.05) is 18.0 Å². The average molecular weight is 401 g/mol. The monoisotopic (exact) mass is 400 g/mol. The number of aryl methyl sites for hydroxylation is 1. The number of sulfonamides is 1. The average Bonchev–Trinajstić information content (AvgIpc) is 3.07. The summed E-state index contributed by atoms with van der Waals surface area (Å²) in [5, 5.41) is 0. The molecule has 150 valence electrons. The summed E-state index contributed by atoms with van der Waals surface area (Å²) in [6, 6.07) is 13.2. The minimum absolute atomic E-state index is 0.0975. The maximum Gasteiger partial charge on any atom is 0.240 e. The molecule has 1 heterocycles. The first-order chi connectivity index (χ1) is 13.3. The van der Waals surface area contributed by atoms with E-state index in [1.807, 2.05) is 6.92 Å². The third kappa shape index (κ3) is 4.62. The van der Waals surface area contributed by atoms with Gasteiger partial charge in [-0.25, -0.2) is 13.1 Å². The third-order valence-electron chi connectivity index (χ3n) is 5.19. The van der Waals surface area contributed by atoms with E-state index in [9.17, 15) is 13.2 Å². The maximum atomic E-state index is 12.6. The Labute approximate surface area is 167 Å². The van der Waals surface area contributed by atoms with E-state index < -0.39 is 10.0 Å². The predicted molar refractivity (Wildman–Crippen MR) is 112 cm³/mol. The van der Waals surface area contributed by atoms with Gasteiger partial charge in [-0.05, 0) is 60.6 Å². The van der Waals surface area contributed by atoms with Crippen LogP contribution in [0.4, 0.5) is 5.69 Å². The number of nitrogens with one attached hydrogen (secondary N) is 1. The lowest BCUT2D eigenvalue weighted by Gasteiger charge is -2.19. The lowest BCUT2D eigenvalue weighted by Crippen LogP contribution is -2.27. The number of carbonyl (C=O) groups is 1. The van der Waals surface area contributed by atoms with Crippen molar-refractivity contribution < 1.29 is 13.2 Å². The molecule has 0 aromatic heterocycles. The molecule has 3 rings (SSSR count). The van der Waals surface area contributed by atoms with E-state index in [2.05, 4.69) is 42.8 Å². The van der Waals surface area contributed by atoms with Crippen molar-refractivity contribution in [3.05, 3.63) is 59.2 Å². The van der Waals surface area contributed by atoms with Crippen LogP contribution in [0.3, 0.4) is 0 Å². The minimum Gasteiger partial charge on any atom is -0.312 e. The van der Waals surface area contributed by atoms with Crippen molar-refractivity contribution in [3.8, 4) is 0 Å². The van der Waals surface area contributed by atoms with Crippen LogP contribution in [0.25, 0.3) is 0 Å². The molecule has 0 bridgehead atoms. The summed E-state index contributed by atoms with van der Waals surface area (Å²) in [7, 11) is -3.58. The molecule has 2 aromatic carbocycles. The van der Waals surface area contributed by atoms with Crippen molar-refractivity contribution in [1.29, 1.82) is 0 Å². The summed E-state index contributed by atoms with van der Waals surface area (Å²) in [6.07, 6.45) is 2.04. The number of benzene rings is 2. The second-order valence-electron chi connectivity index (χ2n) is 7.64. The molecule has 1 saturated heterocycles. The van der Waals surface area contributed by atoms with Gasteiger partial charge in [0.1, 0.15) is 0 Å². The summed E-state index contributed by atoms with van der Waals surface area (Å²) in [4.78, 5) is 13.9. The highest BCUT2D eigenvalue weighted by Gasteiger charge is 2.24. The summed E-state index contributed by atoms with van der Waals surface area (Å²) < 4.78 is 27.9. The zero-order valence-corrected chi connectivity index (χ0v) is 17.6. The Bertz CT molecular complexity index is 950. The van der Waals surface area contributed by atoms with E-state index in [1.165, 1.54) is 5.56 Å². The van der Waals surface area contributed by atoms with E-state index in [1.54, 1.807) is 23.1 Å². The summed E-state index contributed by atoms with van der Waals surface area (Å²) in [5.74, 6) is 0.579. The lowest BCUT2D eigenvalue weighted by atomic mass is 10.0. The molecule has 1 fully saturated rings. The van der Waals surface area contributed by atoms with E-state index in [-0.39, 0.29) is 10.8 Å². The molecule has 0 radical (unpaired) electrons. The number of anilines is 1. The van der Waals surface area contributed by atoms with E-state index >= 15 is 0 Å². The minimum atomic E-state index is -3.58. The van der Waals surface area contributed by atoms with Crippen LogP contribution in [-0.4, -0.2) is 27.4 Å². The van der Waals surface area contributed by atoms with Crippen LogP contribution in [0.5, 0.6) is 0 Å². The highest BCUT2D eigenvalue weighted by Crippen LogP contribution is 2.27. The quantitative estimate of drug-likeness (QED) is 0.769. The Morgan fingerprint density at radius 1 is 1.11 bits per heavy atom. The second-order valence-corrected chi connectivity index (χ2v) is 9.41. The SMILES string of the molecule is Cc1cc(S(=O)(=O)NCCc2ccc(C(C)C)cc2)ccc1N1CCCC1=O. The summed E-state index contributed by atoms with van der Waals surface area (Å²) >= 11 is 0. The molecular formula is C22H28N2O3S. The molecule has 0 aliphatic carbocycles. The molecule has 1 aliphatic rings. The molecular weight excluding hydrogens is 372 g/mol. The Hall–Kier alpha value is -2.18. The van der Waals surface area contributed by atoms with Crippen molar-refractivity contribution in [2.24, 2.45) is 0 Å². The number of amides is 1. The number of nitrogens with zero attached hydrogens (tertiary/aromatic N) is 1. The molecule has 0 atom stereocenters. The van der Waals surface area contributed by atoms with Gasteiger partial charge in [0.15, 0.2) is 0 Å². The van der Waals surface area contributed by atoms with Crippen LogP contribution < -0.4 is 9.62 Å². The lowest BCUT2D eigenvalue weighted by molar-refractivity contribution is -0.117. The fraction of sp³-hybridized carbons (Fsp3) is 0.409. The Balaban J connectivity index is 1.64. The molecule has 0 spiro atoms. The first-order valence-corrected chi connectivity index (χ1v) is 11.3. The molecule has 28 heavy (non-hydrogen) atoms. The van der Waals surface area contributed by atoms with Crippen molar-refractivity contribution in [1.82, 2.24) is 4.72 Å². The van der Waals surface area contributed by atoms with Crippen molar-refractivity contribution in [2.45, 2.75) is 50.8 Å². The van der Waals surface area contributed by atoms with Crippen molar-refractivity contribution >= 4 is 21.6 Å². The number of carbonyl (C=O) groups excluding carboxylic acids is 1. The number of rotatable bonds is 7. The summed E-state index contributed by atoms with van der Waals surface area (Å²) in [5.41, 5.74) is 3.97. The first-order valence-electron chi connectivity index (χ1n) is 9.77. The van der Waals surface area contributed by atoms with Gasteiger partial charge in [-0.1, -0.05) is 38.1 Å². The second kappa shape index (κ2) is 8.45. The number of hydrogen-bond donors (Lipinski definition) is 1. The highest BCUT2D eigenvalue weighted by molar-refractivity contribution is 7.89. The molecule has 5 nitrogen and oxygen atoms in total. The van der Waals surface area contributed by atoms with E-state index in [0.717, 1.165) is 23.2 Å². The van der Waals surface area contributed by atoms with Crippen LogP contribution in [0, 0.1) is 6.92 Å². The van der Waals surface area contributed by atoms with Gasteiger partial charge in [0, 0.05) is 25.2 Å². The van der Waals surface area contributed by atoms with Crippen LogP contribution in [0.15, 0.2) is 47.4 Å². The van der Waals surface area contributed by atoms with Gasteiger partial charge in [0.25, 0.3) is 0 Å². The van der Waals surface area contributed by atoms with E-state index in [4.69, 9.17) is 0 Å². The van der Waals surface area contributed by atoms with Crippen LogP contribution in [0.2, 0.25) is 0 Å². The Kier molecular flexibility index (Phi) is 6.20. The first kappa shape index (κ1) is 20.6. The van der Waals surface area contributed by atoms with Gasteiger partial charge in [0.2, 0.25) is 15.9 Å². The van der Waals surface area contributed by atoms with Gasteiger partial charge in [-0.15, -0.1) is 0 Å². The summed E-state index contributed by atoms with van der Waals surface area (Å²) in [6.45, 7) is 7.18. The number of hydrogen-bond acceptors (Lipinski definition) is 3. The molecule has 2 aromatic rings. The predicted octanol–water partition coefficient (Wildman–Crippen LogP) is 3.77. The van der Waals surface area contributed by atoms with Gasteiger partial charge >= 0.3 is 0 Å². The van der Waals surface area contributed by atoms with Gasteiger partial charge in [0.05, 0.1) is 4.90 Å². The van der Waals surface area contributed by atoms with E-state index in [0.29, 0.717) is 31.8 Å². The largest absolute Gasteiger partial charge is 0.312 e. The van der Waals surface area contributed by atoms with Crippen LogP contribution in [-0.2, 0) is 21.2 Å². The Morgan fingerprint density at radius 3 is 2.39 bits per heavy atom. The van der Waals surface area contributed by atoms with Crippen molar-refractivity contribution in [3.63, 3.8) is 0 Å². The molecule has 0 saturated carbocycles. The molecule has 0 unspecified atom stereocenters. The van der Waals surface area contributed by atoms with Gasteiger partial charge in [-0.3, -0.25) is 4.79 Å². The highest BCUT2D eigenvalue weighted by atomic mass is 32.2. The normalized spacial score (nSPS) is 14.9. The maximum absolute atomic E-state index is 12.6. The Morgan fingerprint density at radius 2 is 1.82 bits per heavy atom. The molecule has 6 heteroatoms. The zero-order chi connectivity index (χ0) is 20.3. The molecule has 1 amide bonds. The molecule has 1 aliphatic heterocycles. The fourth-order valence-corrected chi connectivity index (χ4v) is 4.60. The fourth-order valence-electron chi connectivity index (χ4n) is 3.48. The zero-order valence-electron chi connectivity index (χ0n) is 16.7.